The van der Waals surface area contributed by atoms with E-state index in [1.165, 1.54) is 12.1 Å². The van der Waals surface area contributed by atoms with Gasteiger partial charge in [0, 0.05) is 15.9 Å². The Balaban J connectivity index is 2.42. The zero-order valence-corrected chi connectivity index (χ0v) is 12.1. The highest BCUT2D eigenvalue weighted by molar-refractivity contribution is 7.85. The Morgan fingerprint density at radius 2 is 1.58 bits per heavy atom. The van der Waals surface area contributed by atoms with E-state index in [1.807, 2.05) is 0 Å². The van der Waals surface area contributed by atoms with Crippen molar-refractivity contribution in [2.45, 2.75) is 19.6 Å². The third-order valence-electron chi connectivity index (χ3n) is 2.41. The summed E-state index contributed by atoms with van der Waals surface area (Å²) < 4.78 is 12.3. The smallest absolute Gasteiger partial charge is 0.258 e. The molecule has 0 fully saturated rings. The SMILES string of the molecule is O=[N+]([O-])c1cc(S(=O)c2ccc(S)cc2)ccc1S. The van der Waals surface area contributed by atoms with Crippen molar-refractivity contribution in [3.8, 4) is 0 Å². The van der Waals surface area contributed by atoms with Crippen LogP contribution in [0, 0.1) is 10.1 Å². The molecule has 2 aromatic carbocycles. The van der Waals surface area contributed by atoms with Crippen LogP contribution in [-0.4, -0.2) is 9.13 Å². The fourth-order valence-electron chi connectivity index (χ4n) is 1.47. The zero-order valence-electron chi connectivity index (χ0n) is 9.52. The molecule has 0 bridgehead atoms. The lowest BCUT2D eigenvalue weighted by molar-refractivity contribution is -0.387. The van der Waals surface area contributed by atoms with Crippen LogP contribution in [0.25, 0.3) is 0 Å². The van der Waals surface area contributed by atoms with Gasteiger partial charge in [0.25, 0.3) is 5.69 Å². The molecule has 1 atom stereocenters. The molecule has 98 valence electrons. The van der Waals surface area contributed by atoms with E-state index in [0.717, 1.165) is 4.90 Å². The Morgan fingerprint density at radius 1 is 1.00 bits per heavy atom. The first-order valence-corrected chi connectivity index (χ1v) is 7.21. The van der Waals surface area contributed by atoms with E-state index in [9.17, 15) is 14.3 Å². The molecule has 0 spiro atoms. The maximum absolute atomic E-state index is 12.3. The van der Waals surface area contributed by atoms with Gasteiger partial charge in [0.2, 0.25) is 0 Å². The minimum absolute atomic E-state index is 0.153. The predicted octanol–water partition coefficient (Wildman–Crippen LogP) is 3.34. The molecule has 0 aliphatic heterocycles. The van der Waals surface area contributed by atoms with Crippen LogP contribution in [0.3, 0.4) is 0 Å². The minimum atomic E-state index is -1.46. The van der Waals surface area contributed by atoms with Gasteiger partial charge in [0.05, 0.1) is 25.5 Å². The molecule has 2 rings (SSSR count). The summed E-state index contributed by atoms with van der Waals surface area (Å²) in [6, 6.07) is 11.1. The topological polar surface area (TPSA) is 60.2 Å². The molecular formula is C12H9NO3S3. The first kappa shape index (κ1) is 14.1. The van der Waals surface area contributed by atoms with Gasteiger partial charge < -0.3 is 0 Å². The minimum Gasteiger partial charge on any atom is -0.258 e. The van der Waals surface area contributed by atoms with Crippen molar-refractivity contribution >= 4 is 41.7 Å². The number of thiol groups is 2. The second-order valence-electron chi connectivity index (χ2n) is 3.67. The maximum Gasteiger partial charge on any atom is 0.283 e. The lowest BCUT2D eigenvalue weighted by Gasteiger charge is -2.04. The van der Waals surface area contributed by atoms with Gasteiger partial charge in [-0.3, -0.25) is 10.1 Å². The van der Waals surface area contributed by atoms with Gasteiger partial charge in [0.15, 0.2) is 0 Å². The molecule has 0 N–H and O–H groups in total. The van der Waals surface area contributed by atoms with Gasteiger partial charge in [-0.25, -0.2) is 4.21 Å². The Kier molecular flexibility index (Phi) is 4.28. The van der Waals surface area contributed by atoms with Crippen LogP contribution >= 0.6 is 25.3 Å². The van der Waals surface area contributed by atoms with E-state index in [4.69, 9.17) is 0 Å². The van der Waals surface area contributed by atoms with Crippen LogP contribution in [0.2, 0.25) is 0 Å². The van der Waals surface area contributed by atoms with E-state index in [2.05, 4.69) is 25.3 Å². The number of rotatable bonds is 3. The largest absolute Gasteiger partial charge is 0.283 e. The van der Waals surface area contributed by atoms with Gasteiger partial charge in [-0.15, -0.1) is 25.3 Å². The first-order chi connectivity index (χ1) is 8.99. The first-order valence-electron chi connectivity index (χ1n) is 5.17. The van der Waals surface area contributed by atoms with Gasteiger partial charge in [-0.1, -0.05) is 0 Å². The summed E-state index contributed by atoms with van der Waals surface area (Å²) in [5, 5.41) is 10.8. The summed E-state index contributed by atoms with van der Waals surface area (Å²) in [5.74, 6) is 0. The molecule has 4 nitrogen and oxygen atoms in total. The van der Waals surface area contributed by atoms with Gasteiger partial charge in [-0.05, 0) is 36.4 Å². The summed E-state index contributed by atoms with van der Waals surface area (Å²) >= 11 is 8.15. The number of hydrogen-bond donors (Lipinski definition) is 2. The summed E-state index contributed by atoms with van der Waals surface area (Å²) in [6.07, 6.45) is 0. The molecule has 0 aliphatic rings. The Bertz CT molecular complexity index is 656. The molecule has 2 aromatic rings. The summed E-state index contributed by atoms with van der Waals surface area (Å²) in [6.45, 7) is 0. The van der Waals surface area contributed by atoms with Crippen LogP contribution in [0.15, 0.2) is 62.0 Å². The number of nitro groups is 1. The molecule has 0 amide bonds. The average molecular weight is 311 g/mol. The predicted molar refractivity (Wildman–Crippen MR) is 78.7 cm³/mol. The highest BCUT2D eigenvalue weighted by Crippen LogP contribution is 2.27. The van der Waals surface area contributed by atoms with Gasteiger partial charge in [-0.2, -0.15) is 0 Å². The molecule has 0 radical (unpaired) electrons. The van der Waals surface area contributed by atoms with E-state index in [0.29, 0.717) is 9.79 Å². The normalized spacial score (nSPS) is 12.1. The molecule has 0 heterocycles. The fourth-order valence-corrected chi connectivity index (χ4v) is 2.91. The van der Waals surface area contributed by atoms with Crippen molar-refractivity contribution in [3.05, 3.63) is 52.6 Å². The summed E-state index contributed by atoms with van der Waals surface area (Å²) in [7, 11) is -1.46. The van der Waals surface area contributed by atoms with Crippen molar-refractivity contribution in [3.63, 3.8) is 0 Å². The standard InChI is InChI=1S/C12H9NO3S3/c14-13(15)11-7-10(5-6-12(11)18)19(16)9-3-1-8(17)2-4-9/h1-7,17-18H. The fraction of sp³-hybridized carbons (Fsp3) is 0. The average Bonchev–Trinajstić information content (AvgIpc) is 2.39. The molecule has 7 heteroatoms. The lowest BCUT2D eigenvalue weighted by atomic mass is 10.3. The number of nitro benzene ring substituents is 1. The van der Waals surface area contributed by atoms with E-state index in [1.54, 1.807) is 30.3 Å². The van der Waals surface area contributed by atoms with E-state index in [-0.39, 0.29) is 10.6 Å². The molecule has 0 aromatic heterocycles. The molecule has 0 saturated carbocycles. The van der Waals surface area contributed by atoms with Crippen molar-refractivity contribution in [2.75, 3.05) is 0 Å². The Hall–Kier alpha value is -1.31. The number of nitrogens with zero attached hydrogens (tertiary/aromatic N) is 1. The van der Waals surface area contributed by atoms with Gasteiger partial charge in [0.1, 0.15) is 0 Å². The molecule has 1 unspecified atom stereocenters. The highest BCUT2D eigenvalue weighted by Gasteiger charge is 2.15. The third kappa shape index (κ3) is 3.17. The highest BCUT2D eigenvalue weighted by atomic mass is 32.2. The Morgan fingerprint density at radius 3 is 2.16 bits per heavy atom. The quantitative estimate of drug-likeness (QED) is 0.519. The Labute approximate surface area is 123 Å². The number of hydrogen-bond acceptors (Lipinski definition) is 5. The van der Waals surface area contributed by atoms with Crippen molar-refractivity contribution < 1.29 is 9.13 Å². The van der Waals surface area contributed by atoms with Crippen LogP contribution in [-0.2, 0) is 10.8 Å². The summed E-state index contributed by atoms with van der Waals surface area (Å²) in [4.78, 5) is 12.2. The second-order valence-corrected chi connectivity index (χ2v) is 6.15. The summed E-state index contributed by atoms with van der Waals surface area (Å²) in [5.41, 5.74) is -0.153. The van der Waals surface area contributed by atoms with E-state index >= 15 is 0 Å². The zero-order chi connectivity index (χ0) is 14.0. The molecule has 0 saturated heterocycles. The van der Waals surface area contributed by atoms with Gasteiger partial charge >= 0.3 is 0 Å². The van der Waals surface area contributed by atoms with Crippen molar-refractivity contribution in [1.29, 1.82) is 0 Å². The maximum atomic E-state index is 12.3. The van der Waals surface area contributed by atoms with Crippen LogP contribution in [0.4, 0.5) is 5.69 Å². The molecule has 0 aliphatic carbocycles. The van der Waals surface area contributed by atoms with Crippen molar-refractivity contribution in [2.24, 2.45) is 0 Å². The third-order valence-corrected chi connectivity index (χ3v) is 4.47. The molecular weight excluding hydrogens is 302 g/mol. The lowest BCUT2D eigenvalue weighted by Crippen LogP contribution is -1.96. The van der Waals surface area contributed by atoms with Crippen LogP contribution < -0.4 is 0 Å². The van der Waals surface area contributed by atoms with Crippen LogP contribution in [0.1, 0.15) is 0 Å². The van der Waals surface area contributed by atoms with Crippen molar-refractivity contribution in [1.82, 2.24) is 0 Å². The van der Waals surface area contributed by atoms with Crippen LogP contribution in [0.5, 0.6) is 0 Å². The molecule has 19 heavy (non-hydrogen) atoms. The number of benzene rings is 2. The van der Waals surface area contributed by atoms with E-state index < -0.39 is 15.7 Å². The second kappa shape index (κ2) is 5.77. The monoisotopic (exact) mass is 311 g/mol.